The lowest BCUT2D eigenvalue weighted by Gasteiger charge is -2.03. The summed E-state index contributed by atoms with van der Waals surface area (Å²) >= 11 is 1.50. The zero-order chi connectivity index (χ0) is 13.9. The van der Waals surface area contributed by atoms with Crippen LogP contribution in [0.25, 0.3) is 10.9 Å². The minimum Gasteiger partial charge on any atom is -0.392 e. The first-order valence-electron chi connectivity index (χ1n) is 5.90. The van der Waals surface area contributed by atoms with Crippen molar-refractivity contribution in [2.45, 2.75) is 9.79 Å². The second-order valence-electron chi connectivity index (χ2n) is 4.04. The molecule has 1 aromatic carbocycles. The zero-order valence-electron chi connectivity index (χ0n) is 10.4. The third-order valence-corrected chi connectivity index (χ3v) is 3.80. The van der Waals surface area contributed by atoms with Crippen LogP contribution in [0.15, 0.2) is 58.6 Å². The van der Waals surface area contributed by atoms with E-state index in [1.807, 2.05) is 36.4 Å². The van der Waals surface area contributed by atoms with Gasteiger partial charge in [0.15, 0.2) is 0 Å². The summed E-state index contributed by atoms with van der Waals surface area (Å²) in [5, 5.41) is 0.935. The van der Waals surface area contributed by atoms with Gasteiger partial charge in [-0.25, -0.2) is 4.79 Å². The van der Waals surface area contributed by atoms with Crippen molar-refractivity contribution >= 4 is 28.8 Å². The summed E-state index contributed by atoms with van der Waals surface area (Å²) in [7, 11) is 0. The zero-order valence-corrected chi connectivity index (χ0v) is 11.2. The maximum absolute atomic E-state index is 11.0. The molecule has 2 heterocycles. The molecule has 0 atom stereocenters. The molecule has 0 fully saturated rings. The highest BCUT2D eigenvalue weighted by atomic mass is 32.2. The van der Waals surface area contributed by atoms with Gasteiger partial charge in [0.2, 0.25) is 5.88 Å². The SMILES string of the molecule is NC(=O)Oc1[nH]c2cnccc2c1Sc1ccccc1. The standard InChI is InChI=1S/C14H11N3O2S/c15-14(18)19-13-12(20-9-4-2-1-3-5-9)10-6-7-16-8-11(10)17-13/h1-8,17H,(H2,15,18). The molecule has 0 aliphatic heterocycles. The fourth-order valence-corrected chi connectivity index (χ4v) is 2.88. The van der Waals surface area contributed by atoms with Gasteiger partial charge < -0.3 is 15.5 Å². The number of aromatic amines is 1. The number of rotatable bonds is 3. The van der Waals surface area contributed by atoms with Gasteiger partial charge in [-0.15, -0.1) is 0 Å². The molecule has 0 radical (unpaired) electrons. The van der Waals surface area contributed by atoms with Crippen LogP contribution >= 0.6 is 11.8 Å². The summed E-state index contributed by atoms with van der Waals surface area (Å²) < 4.78 is 5.04. The number of carbonyl (C=O) groups excluding carboxylic acids is 1. The number of pyridine rings is 1. The van der Waals surface area contributed by atoms with Crippen molar-refractivity contribution in [3.05, 3.63) is 48.8 Å². The van der Waals surface area contributed by atoms with Gasteiger partial charge in [0.1, 0.15) is 0 Å². The molecule has 0 unspecified atom stereocenters. The van der Waals surface area contributed by atoms with E-state index in [1.54, 1.807) is 12.4 Å². The third-order valence-electron chi connectivity index (χ3n) is 2.69. The fraction of sp³-hybridized carbons (Fsp3) is 0. The van der Waals surface area contributed by atoms with Gasteiger partial charge in [-0.05, 0) is 18.2 Å². The molecule has 0 saturated heterocycles. The normalized spacial score (nSPS) is 10.6. The van der Waals surface area contributed by atoms with Crippen molar-refractivity contribution < 1.29 is 9.53 Å². The van der Waals surface area contributed by atoms with E-state index in [0.29, 0.717) is 5.88 Å². The van der Waals surface area contributed by atoms with Crippen molar-refractivity contribution in [2.24, 2.45) is 5.73 Å². The average molecular weight is 285 g/mol. The maximum atomic E-state index is 11.0. The van der Waals surface area contributed by atoms with E-state index in [4.69, 9.17) is 10.5 Å². The molecule has 3 rings (SSSR count). The van der Waals surface area contributed by atoms with Crippen molar-refractivity contribution in [3.8, 4) is 5.88 Å². The van der Waals surface area contributed by atoms with Gasteiger partial charge in [0.25, 0.3) is 0 Å². The fourth-order valence-electron chi connectivity index (χ4n) is 1.87. The number of benzene rings is 1. The number of hydrogen-bond donors (Lipinski definition) is 2. The van der Waals surface area contributed by atoms with Crippen molar-refractivity contribution in [1.82, 2.24) is 9.97 Å². The van der Waals surface area contributed by atoms with Crippen LogP contribution < -0.4 is 10.5 Å². The summed E-state index contributed by atoms with van der Waals surface area (Å²) in [6.45, 7) is 0. The van der Waals surface area contributed by atoms with Gasteiger partial charge in [0.05, 0.1) is 16.6 Å². The first-order chi connectivity index (χ1) is 9.74. The van der Waals surface area contributed by atoms with Crippen LogP contribution in [-0.4, -0.2) is 16.1 Å². The summed E-state index contributed by atoms with van der Waals surface area (Å²) in [6, 6.07) is 11.7. The molecule has 1 amide bonds. The Morgan fingerprint density at radius 2 is 2.05 bits per heavy atom. The molecule has 0 aliphatic rings. The second kappa shape index (κ2) is 5.26. The Morgan fingerprint density at radius 1 is 1.25 bits per heavy atom. The smallest absolute Gasteiger partial charge is 0.392 e. The van der Waals surface area contributed by atoms with Crippen LogP contribution in [0.2, 0.25) is 0 Å². The number of nitrogens with one attached hydrogen (secondary N) is 1. The molecular formula is C14H11N3O2S. The predicted octanol–water partition coefficient (Wildman–Crippen LogP) is 3.17. The summed E-state index contributed by atoms with van der Waals surface area (Å²) in [4.78, 5) is 19.9. The Labute approximate surface area is 119 Å². The topological polar surface area (TPSA) is 81.0 Å². The monoisotopic (exact) mass is 285 g/mol. The molecule has 5 nitrogen and oxygen atoms in total. The van der Waals surface area contributed by atoms with E-state index in [1.165, 1.54) is 11.8 Å². The number of hydrogen-bond acceptors (Lipinski definition) is 4. The molecule has 0 bridgehead atoms. The van der Waals surface area contributed by atoms with E-state index < -0.39 is 6.09 Å². The number of fused-ring (bicyclic) bond motifs is 1. The van der Waals surface area contributed by atoms with Gasteiger partial charge in [-0.1, -0.05) is 30.0 Å². The minimum atomic E-state index is -0.848. The molecule has 100 valence electrons. The molecule has 0 saturated carbocycles. The Morgan fingerprint density at radius 3 is 2.80 bits per heavy atom. The number of nitrogens with two attached hydrogens (primary N) is 1. The quantitative estimate of drug-likeness (QED) is 0.774. The highest BCUT2D eigenvalue weighted by Crippen LogP contribution is 2.40. The maximum Gasteiger partial charge on any atom is 0.411 e. The van der Waals surface area contributed by atoms with Crippen molar-refractivity contribution in [1.29, 1.82) is 0 Å². The van der Waals surface area contributed by atoms with Crippen LogP contribution in [0.3, 0.4) is 0 Å². The molecule has 0 spiro atoms. The minimum absolute atomic E-state index is 0.342. The predicted molar refractivity (Wildman–Crippen MR) is 76.9 cm³/mol. The number of primary amides is 1. The lowest BCUT2D eigenvalue weighted by molar-refractivity contribution is 0.208. The third kappa shape index (κ3) is 2.46. The largest absolute Gasteiger partial charge is 0.411 e. The first kappa shape index (κ1) is 12.6. The summed E-state index contributed by atoms with van der Waals surface area (Å²) in [5.74, 6) is 0.342. The number of nitrogens with zero attached hydrogens (tertiary/aromatic N) is 1. The van der Waals surface area contributed by atoms with Gasteiger partial charge in [-0.2, -0.15) is 0 Å². The molecule has 6 heteroatoms. The molecule has 20 heavy (non-hydrogen) atoms. The Kier molecular flexibility index (Phi) is 3.30. The van der Waals surface area contributed by atoms with Crippen molar-refractivity contribution in [3.63, 3.8) is 0 Å². The second-order valence-corrected chi connectivity index (χ2v) is 5.12. The van der Waals surface area contributed by atoms with Crippen LogP contribution in [0.1, 0.15) is 0 Å². The molecule has 0 aliphatic carbocycles. The van der Waals surface area contributed by atoms with Crippen LogP contribution in [0.5, 0.6) is 5.88 Å². The van der Waals surface area contributed by atoms with Crippen LogP contribution in [-0.2, 0) is 0 Å². The Balaban J connectivity index is 2.08. The lowest BCUT2D eigenvalue weighted by atomic mass is 10.3. The van der Waals surface area contributed by atoms with Gasteiger partial charge in [0, 0.05) is 16.5 Å². The average Bonchev–Trinajstić information content (AvgIpc) is 2.77. The van der Waals surface area contributed by atoms with Gasteiger partial charge in [-0.3, -0.25) is 4.98 Å². The van der Waals surface area contributed by atoms with Gasteiger partial charge >= 0.3 is 6.09 Å². The van der Waals surface area contributed by atoms with E-state index >= 15 is 0 Å². The van der Waals surface area contributed by atoms with Crippen LogP contribution in [0, 0.1) is 0 Å². The van der Waals surface area contributed by atoms with E-state index in [0.717, 1.165) is 20.7 Å². The number of aromatic nitrogens is 2. The molecule has 3 aromatic rings. The number of carbonyl (C=O) groups is 1. The molecule has 2 aromatic heterocycles. The molecule has 3 N–H and O–H groups in total. The summed E-state index contributed by atoms with van der Waals surface area (Å²) in [5.41, 5.74) is 5.90. The number of ether oxygens (including phenoxy) is 1. The number of amides is 1. The van der Waals surface area contributed by atoms with E-state index in [9.17, 15) is 4.79 Å². The highest BCUT2D eigenvalue weighted by molar-refractivity contribution is 7.99. The van der Waals surface area contributed by atoms with Crippen molar-refractivity contribution in [2.75, 3.05) is 0 Å². The Bertz CT molecular complexity index is 755. The molecular weight excluding hydrogens is 274 g/mol. The summed E-state index contributed by atoms with van der Waals surface area (Å²) in [6.07, 6.45) is 2.52. The number of H-pyrrole nitrogens is 1. The van der Waals surface area contributed by atoms with E-state index in [-0.39, 0.29) is 0 Å². The lowest BCUT2D eigenvalue weighted by Crippen LogP contribution is -2.16. The Hall–Kier alpha value is -2.47. The first-order valence-corrected chi connectivity index (χ1v) is 6.71. The van der Waals surface area contributed by atoms with Crippen LogP contribution in [0.4, 0.5) is 4.79 Å². The van der Waals surface area contributed by atoms with E-state index in [2.05, 4.69) is 9.97 Å². The highest BCUT2D eigenvalue weighted by Gasteiger charge is 2.15.